The van der Waals surface area contributed by atoms with Crippen LogP contribution in [0.1, 0.15) is 15.9 Å². The van der Waals surface area contributed by atoms with Gasteiger partial charge < -0.3 is 22.1 Å². The number of benzene rings is 1. The van der Waals surface area contributed by atoms with Crippen LogP contribution < -0.4 is 22.1 Å². The van der Waals surface area contributed by atoms with E-state index in [-0.39, 0.29) is 5.91 Å². The number of rotatable bonds is 5. The molecule has 0 atom stereocenters. The summed E-state index contributed by atoms with van der Waals surface area (Å²) >= 11 is 0. The maximum atomic E-state index is 11.7. The lowest BCUT2D eigenvalue weighted by molar-refractivity contribution is 0.0954. The molecule has 0 unspecified atom stereocenters. The zero-order valence-electron chi connectivity index (χ0n) is 9.40. The minimum atomic E-state index is -0.607. The molecular weight excluding hydrogens is 220 g/mol. The van der Waals surface area contributed by atoms with Gasteiger partial charge in [-0.05, 0) is 17.7 Å². The average molecular weight is 236 g/mol. The summed E-state index contributed by atoms with van der Waals surface area (Å²) in [6.45, 7) is 1.02. The van der Waals surface area contributed by atoms with Crippen molar-refractivity contribution < 1.29 is 9.59 Å². The summed E-state index contributed by atoms with van der Waals surface area (Å²) in [5.41, 5.74) is 11.8. The molecule has 0 fully saturated rings. The van der Waals surface area contributed by atoms with Crippen LogP contribution in [0.15, 0.2) is 24.3 Å². The fraction of sp³-hybridized carbons (Fsp3) is 0.273. The Labute approximate surface area is 99.4 Å². The van der Waals surface area contributed by atoms with Crippen LogP contribution in [0.5, 0.6) is 0 Å². The quantitative estimate of drug-likeness (QED) is 0.519. The van der Waals surface area contributed by atoms with Crippen molar-refractivity contribution in [2.24, 2.45) is 11.5 Å². The van der Waals surface area contributed by atoms with E-state index in [4.69, 9.17) is 11.5 Å². The van der Waals surface area contributed by atoms with Crippen molar-refractivity contribution in [3.8, 4) is 0 Å². The van der Waals surface area contributed by atoms with Gasteiger partial charge in [0.25, 0.3) is 5.91 Å². The van der Waals surface area contributed by atoms with Crippen molar-refractivity contribution in [3.63, 3.8) is 0 Å². The van der Waals surface area contributed by atoms with Gasteiger partial charge >= 0.3 is 6.03 Å². The number of urea groups is 1. The number of carbonyl (C=O) groups is 2. The highest BCUT2D eigenvalue weighted by atomic mass is 16.2. The largest absolute Gasteiger partial charge is 0.352 e. The van der Waals surface area contributed by atoms with Gasteiger partial charge in [-0.1, -0.05) is 12.1 Å². The molecule has 1 aromatic carbocycles. The van der Waals surface area contributed by atoms with Crippen molar-refractivity contribution >= 4 is 11.9 Å². The molecule has 0 aliphatic heterocycles. The van der Waals surface area contributed by atoms with E-state index in [0.29, 0.717) is 25.2 Å². The average Bonchev–Trinajstić information content (AvgIpc) is 2.34. The van der Waals surface area contributed by atoms with Gasteiger partial charge in [0.2, 0.25) is 0 Å². The molecule has 17 heavy (non-hydrogen) atoms. The van der Waals surface area contributed by atoms with E-state index in [1.165, 1.54) is 0 Å². The number of primary amides is 1. The van der Waals surface area contributed by atoms with Crippen LogP contribution in [-0.2, 0) is 6.54 Å². The highest BCUT2D eigenvalue weighted by Gasteiger charge is 2.04. The van der Waals surface area contributed by atoms with Crippen LogP contribution in [0.4, 0.5) is 4.79 Å². The maximum absolute atomic E-state index is 11.7. The molecule has 0 heterocycles. The number of hydrogen-bond donors (Lipinski definition) is 4. The topological polar surface area (TPSA) is 110 Å². The molecule has 1 aromatic rings. The molecule has 0 saturated heterocycles. The van der Waals surface area contributed by atoms with Gasteiger partial charge in [-0.2, -0.15) is 0 Å². The maximum Gasteiger partial charge on any atom is 0.312 e. The fourth-order valence-electron chi connectivity index (χ4n) is 1.30. The zero-order valence-corrected chi connectivity index (χ0v) is 9.40. The van der Waals surface area contributed by atoms with Crippen LogP contribution in [-0.4, -0.2) is 25.0 Å². The Hall–Kier alpha value is -2.08. The first-order valence-corrected chi connectivity index (χ1v) is 5.24. The second kappa shape index (κ2) is 6.49. The highest BCUT2D eigenvalue weighted by molar-refractivity contribution is 5.94. The van der Waals surface area contributed by atoms with E-state index in [1.54, 1.807) is 18.2 Å². The molecule has 0 aliphatic rings. The predicted octanol–water partition coefficient (Wildman–Crippen LogP) is -0.457. The Kier molecular flexibility index (Phi) is 4.96. The van der Waals surface area contributed by atoms with E-state index in [1.807, 2.05) is 6.07 Å². The second-order valence-electron chi connectivity index (χ2n) is 3.45. The van der Waals surface area contributed by atoms with Gasteiger partial charge in [0.05, 0.1) is 0 Å². The highest BCUT2D eigenvalue weighted by Crippen LogP contribution is 2.04. The number of hydrogen-bond acceptors (Lipinski definition) is 3. The lowest BCUT2D eigenvalue weighted by Crippen LogP contribution is -2.37. The third kappa shape index (κ3) is 4.52. The van der Waals surface area contributed by atoms with Crippen molar-refractivity contribution in [2.45, 2.75) is 6.54 Å². The molecule has 0 radical (unpaired) electrons. The standard InChI is InChI=1S/C11H16N4O2/c12-7-8-2-1-3-9(6-8)10(16)14-4-5-15-11(13)17/h1-3,6H,4-5,7,12H2,(H,14,16)(H3,13,15,17). The predicted molar refractivity (Wildman–Crippen MR) is 64.3 cm³/mol. The first-order valence-electron chi connectivity index (χ1n) is 5.24. The van der Waals surface area contributed by atoms with E-state index in [0.717, 1.165) is 5.56 Å². The van der Waals surface area contributed by atoms with Gasteiger partial charge in [-0.15, -0.1) is 0 Å². The molecule has 6 heteroatoms. The summed E-state index contributed by atoms with van der Waals surface area (Å²) in [5, 5.41) is 5.03. The Morgan fingerprint density at radius 1 is 1.18 bits per heavy atom. The van der Waals surface area contributed by atoms with Gasteiger partial charge in [0.1, 0.15) is 0 Å². The minimum absolute atomic E-state index is 0.202. The second-order valence-corrected chi connectivity index (χ2v) is 3.45. The van der Waals surface area contributed by atoms with Crippen LogP contribution >= 0.6 is 0 Å². The summed E-state index contributed by atoms with van der Waals surface area (Å²) < 4.78 is 0. The molecule has 3 amide bonds. The van der Waals surface area contributed by atoms with Crippen LogP contribution in [0.25, 0.3) is 0 Å². The van der Waals surface area contributed by atoms with Crippen molar-refractivity contribution in [2.75, 3.05) is 13.1 Å². The molecule has 0 aliphatic carbocycles. The summed E-state index contributed by atoms with van der Waals surface area (Å²) in [4.78, 5) is 22.0. The molecule has 92 valence electrons. The summed E-state index contributed by atoms with van der Waals surface area (Å²) in [5.74, 6) is -0.202. The van der Waals surface area contributed by atoms with Crippen molar-refractivity contribution in [1.29, 1.82) is 0 Å². The Morgan fingerprint density at radius 2 is 1.88 bits per heavy atom. The van der Waals surface area contributed by atoms with Crippen molar-refractivity contribution in [1.82, 2.24) is 10.6 Å². The molecule has 0 saturated carbocycles. The van der Waals surface area contributed by atoms with Gasteiger partial charge in [-0.3, -0.25) is 4.79 Å². The summed E-state index contributed by atoms with van der Waals surface area (Å²) in [7, 11) is 0. The molecule has 1 rings (SSSR count). The number of nitrogens with one attached hydrogen (secondary N) is 2. The fourth-order valence-corrected chi connectivity index (χ4v) is 1.30. The molecular formula is C11H16N4O2. The van der Waals surface area contributed by atoms with Crippen LogP contribution in [0.3, 0.4) is 0 Å². The molecule has 0 bridgehead atoms. The third-order valence-corrected chi connectivity index (χ3v) is 2.13. The Morgan fingerprint density at radius 3 is 2.53 bits per heavy atom. The molecule has 6 N–H and O–H groups in total. The van der Waals surface area contributed by atoms with Gasteiger partial charge in [0, 0.05) is 25.2 Å². The van der Waals surface area contributed by atoms with E-state index >= 15 is 0 Å². The monoisotopic (exact) mass is 236 g/mol. The van der Waals surface area contributed by atoms with Gasteiger partial charge in [-0.25, -0.2) is 4.79 Å². The lowest BCUT2D eigenvalue weighted by atomic mass is 10.1. The van der Waals surface area contributed by atoms with Crippen molar-refractivity contribution in [3.05, 3.63) is 35.4 Å². The van der Waals surface area contributed by atoms with Crippen LogP contribution in [0, 0.1) is 0 Å². The normalized spacial score (nSPS) is 9.71. The number of carbonyl (C=O) groups excluding carboxylic acids is 2. The first-order chi connectivity index (χ1) is 8.13. The third-order valence-electron chi connectivity index (χ3n) is 2.13. The van der Waals surface area contributed by atoms with E-state index in [9.17, 15) is 9.59 Å². The zero-order chi connectivity index (χ0) is 12.7. The van der Waals surface area contributed by atoms with E-state index in [2.05, 4.69) is 10.6 Å². The first kappa shape index (κ1) is 13.0. The molecule has 0 spiro atoms. The summed E-state index contributed by atoms with van der Waals surface area (Å²) in [6.07, 6.45) is 0. The lowest BCUT2D eigenvalue weighted by Gasteiger charge is -2.06. The SMILES string of the molecule is NCc1cccc(C(=O)NCCNC(N)=O)c1. The minimum Gasteiger partial charge on any atom is -0.352 e. The smallest absolute Gasteiger partial charge is 0.312 e. The van der Waals surface area contributed by atoms with Crippen LogP contribution in [0.2, 0.25) is 0 Å². The molecule has 0 aromatic heterocycles. The summed E-state index contributed by atoms with van der Waals surface area (Å²) in [6, 6.07) is 6.46. The molecule has 6 nitrogen and oxygen atoms in total. The Bertz CT molecular complexity index is 406. The van der Waals surface area contributed by atoms with Gasteiger partial charge in [0.15, 0.2) is 0 Å². The number of nitrogens with two attached hydrogens (primary N) is 2. The number of amides is 3. The Balaban J connectivity index is 2.43. The van der Waals surface area contributed by atoms with E-state index < -0.39 is 6.03 Å².